The average Bonchev–Trinajstić information content (AvgIpc) is 3.32. The van der Waals surface area contributed by atoms with E-state index >= 15 is 0 Å². The maximum absolute atomic E-state index is 13.5. The molecule has 2 heterocycles. The molecule has 0 aliphatic heterocycles. The number of fused-ring (bicyclic) bond motifs is 2. The lowest BCUT2D eigenvalue weighted by molar-refractivity contribution is 0.353. The van der Waals surface area contributed by atoms with Crippen LogP contribution in [0.2, 0.25) is 0 Å². The van der Waals surface area contributed by atoms with Gasteiger partial charge in [0.05, 0.1) is 48.3 Å². The third-order valence-electron chi connectivity index (χ3n) is 5.49. The molecular formula is C26H20BrN3O5. The van der Waals surface area contributed by atoms with Crippen LogP contribution in [-0.2, 0) is 0 Å². The van der Waals surface area contributed by atoms with Gasteiger partial charge >= 0.3 is 0 Å². The first kappa shape index (κ1) is 22.7. The van der Waals surface area contributed by atoms with E-state index in [9.17, 15) is 4.79 Å². The molecule has 0 N–H and O–H groups in total. The molecule has 0 unspecified atom stereocenters. The van der Waals surface area contributed by atoms with E-state index < -0.39 is 0 Å². The molecule has 8 nitrogen and oxygen atoms in total. The van der Waals surface area contributed by atoms with E-state index in [1.807, 2.05) is 30.3 Å². The molecule has 0 radical (unpaired) electrons. The van der Waals surface area contributed by atoms with Crippen LogP contribution in [0.25, 0.3) is 33.5 Å². The summed E-state index contributed by atoms with van der Waals surface area (Å²) in [6.07, 6.45) is 1.55. The summed E-state index contributed by atoms with van der Waals surface area (Å²) in [6, 6.07) is 18.0. The standard InChI is InChI=1S/C26H20BrN3O5/c1-32-20-9-6-10-21-17(20)13-23(35-21)25-29-19-8-5-4-7-16(19)26(31)30(25)28-14-15-11-18(27)24(34-3)22(12-15)33-2/h4-14H,1-3H3. The number of hydrogen-bond donors (Lipinski definition) is 0. The second-order valence-electron chi connectivity index (χ2n) is 7.54. The predicted molar refractivity (Wildman–Crippen MR) is 138 cm³/mol. The van der Waals surface area contributed by atoms with Gasteiger partial charge in [-0.1, -0.05) is 18.2 Å². The van der Waals surface area contributed by atoms with Crippen LogP contribution in [0, 0.1) is 0 Å². The molecule has 0 amide bonds. The Bertz CT molecular complexity index is 1660. The Morgan fingerprint density at radius 1 is 0.943 bits per heavy atom. The minimum atomic E-state index is -0.325. The van der Waals surface area contributed by atoms with E-state index in [0.717, 1.165) is 5.39 Å². The fourth-order valence-electron chi connectivity index (χ4n) is 3.85. The molecule has 9 heteroatoms. The average molecular weight is 534 g/mol. The highest BCUT2D eigenvalue weighted by atomic mass is 79.9. The number of rotatable bonds is 6. The minimum absolute atomic E-state index is 0.266. The van der Waals surface area contributed by atoms with E-state index in [1.165, 1.54) is 4.68 Å². The lowest BCUT2D eigenvalue weighted by Gasteiger charge is -2.10. The topological polar surface area (TPSA) is 88.1 Å². The van der Waals surface area contributed by atoms with Crippen LogP contribution in [0.1, 0.15) is 5.56 Å². The molecule has 0 saturated carbocycles. The van der Waals surface area contributed by atoms with E-state index in [2.05, 4.69) is 21.0 Å². The van der Waals surface area contributed by atoms with Crippen molar-refractivity contribution in [2.24, 2.45) is 5.10 Å². The number of benzene rings is 3. The molecule has 3 aromatic carbocycles. The van der Waals surface area contributed by atoms with Crippen LogP contribution in [-0.4, -0.2) is 37.2 Å². The van der Waals surface area contributed by atoms with Gasteiger partial charge in [-0.05, 0) is 64.0 Å². The quantitative estimate of drug-likeness (QED) is 0.268. The van der Waals surface area contributed by atoms with Gasteiger partial charge in [0.2, 0.25) is 5.82 Å². The van der Waals surface area contributed by atoms with Gasteiger partial charge in [-0.3, -0.25) is 4.79 Å². The van der Waals surface area contributed by atoms with Gasteiger partial charge < -0.3 is 18.6 Å². The number of halogens is 1. The van der Waals surface area contributed by atoms with Crippen LogP contribution < -0.4 is 19.8 Å². The highest BCUT2D eigenvalue weighted by Gasteiger charge is 2.18. The van der Waals surface area contributed by atoms with Crippen molar-refractivity contribution in [2.45, 2.75) is 0 Å². The summed E-state index contributed by atoms with van der Waals surface area (Å²) in [4.78, 5) is 18.2. The monoisotopic (exact) mass is 533 g/mol. The molecular weight excluding hydrogens is 514 g/mol. The molecule has 0 aliphatic rings. The van der Waals surface area contributed by atoms with Gasteiger partial charge in [-0.2, -0.15) is 9.78 Å². The first-order valence-corrected chi connectivity index (χ1v) is 11.4. The molecule has 0 aliphatic carbocycles. The van der Waals surface area contributed by atoms with Crippen LogP contribution in [0.15, 0.2) is 79.4 Å². The van der Waals surface area contributed by atoms with Gasteiger partial charge in [0.1, 0.15) is 11.3 Å². The molecule has 0 atom stereocenters. The Balaban J connectivity index is 1.71. The maximum Gasteiger partial charge on any atom is 0.282 e. The van der Waals surface area contributed by atoms with Crippen molar-refractivity contribution in [2.75, 3.05) is 21.3 Å². The summed E-state index contributed by atoms with van der Waals surface area (Å²) in [5.74, 6) is 2.40. The lowest BCUT2D eigenvalue weighted by Crippen LogP contribution is -2.20. The summed E-state index contributed by atoms with van der Waals surface area (Å²) in [6.45, 7) is 0. The molecule has 5 rings (SSSR count). The van der Waals surface area contributed by atoms with Crippen molar-refractivity contribution < 1.29 is 18.6 Å². The first-order chi connectivity index (χ1) is 17.0. The predicted octanol–water partition coefficient (Wildman–Crippen LogP) is 5.48. The number of furan rings is 1. The Morgan fingerprint density at radius 3 is 2.51 bits per heavy atom. The van der Waals surface area contributed by atoms with Crippen LogP contribution in [0.4, 0.5) is 0 Å². The number of aromatic nitrogens is 2. The Kier molecular flexibility index (Phi) is 6.00. The third-order valence-corrected chi connectivity index (χ3v) is 6.08. The van der Waals surface area contributed by atoms with Crippen LogP contribution in [0.5, 0.6) is 17.2 Å². The fraction of sp³-hybridized carbons (Fsp3) is 0.115. The second kappa shape index (κ2) is 9.27. The van der Waals surface area contributed by atoms with Gasteiger partial charge in [-0.25, -0.2) is 4.98 Å². The Labute approximate surface area is 208 Å². The van der Waals surface area contributed by atoms with Crippen LogP contribution >= 0.6 is 15.9 Å². The van der Waals surface area contributed by atoms with E-state index in [4.69, 9.17) is 23.6 Å². The third kappa shape index (κ3) is 4.04. The van der Waals surface area contributed by atoms with Crippen molar-refractivity contribution in [3.63, 3.8) is 0 Å². The van der Waals surface area contributed by atoms with Gasteiger partial charge in [-0.15, -0.1) is 0 Å². The molecule has 0 spiro atoms. The van der Waals surface area contributed by atoms with Crippen molar-refractivity contribution in [3.8, 4) is 28.8 Å². The fourth-order valence-corrected chi connectivity index (χ4v) is 4.47. The van der Waals surface area contributed by atoms with Crippen LogP contribution in [0.3, 0.4) is 0 Å². The molecule has 5 aromatic rings. The SMILES string of the molecule is COc1cc(C=Nn2c(-c3cc4c(OC)cccc4o3)nc3ccccc3c2=O)cc(Br)c1OC. The van der Waals surface area contributed by atoms with E-state index in [-0.39, 0.29) is 11.4 Å². The van der Waals surface area contributed by atoms with E-state index in [0.29, 0.717) is 49.5 Å². The van der Waals surface area contributed by atoms with Gasteiger partial charge in [0.15, 0.2) is 17.3 Å². The highest BCUT2D eigenvalue weighted by Crippen LogP contribution is 2.36. The Morgan fingerprint density at radius 2 is 1.74 bits per heavy atom. The maximum atomic E-state index is 13.5. The second-order valence-corrected chi connectivity index (χ2v) is 8.39. The molecule has 0 saturated heterocycles. The lowest BCUT2D eigenvalue weighted by atomic mass is 10.2. The Hall–Kier alpha value is -4.11. The molecule has 0 fully saturated rings. The molecule has 176 valence electrons. The highest BCUT2D eigenvalue weighted by molar-refractivity contribution is 9.10. The number of hydrogen-bond acceptors (Lipinski definition) is 7. The van der Waals surface area contributed by atoms with Gasteiger partial charge in [0.25, 0.3) is 5.56 Å². The minimum Gasteiger partial charge on any atom is -0.496 e. The number of methoxy groups -OCH3 is 3. The number of ether oxygens (including phenoxy) is 3. The van der Waals surface area contributed by atoms with Crippen molar-refractivity contribution in [1.29, 1.82) is 0 Å². The molecule has 2 aromatic heterocycles. The first-order valence-electron chi connectivity index (χ1n) is 10.6. The number of para-hydroxylation sites is 1. The summed E-state index contributed by atoms with van der Waals surface area (Å²) in [5.41, 5.74) is 1.52. The van der Waals surface area contributed by atoms with Gasteiger partial charge in [0, 0.05) is 0 Å². The zero-order valence-corrected chi connectivity index (χ0v) is 20.7. The molecule has 0 bridgehead atoms. The largest absolute Gasteiger partial charge is 0.496 e. The van der Waals surface area contributed by atoms with Crippen molar-refractivity contribution >= 4 is 44.0 Å². The summed E-state index contributed by atoms with van der Waals surface area (Å²) < 4.78 is 24.2. The zero-order chi connectivity index (χ0) is 24.5. The smallest absolute Gasteiger partial charge is 0.282 e. The normalized spacial score (nSPS) is 11.4. The van der Waals surface area contributed by atoms with E-state index in [1.54, 1.807) is 57.9 Å². The summed E-state index contributed by atoms with van der Waals surface area (Å²) >= 11 is 3.48. The number of nitrogens with zero attached hydrogens (tertiary/aromatic N) is 3. The molecule has 35 heavy (non-hydrogen) atoms. The summed E-state index contributed by atoms with van der Waals surface area (Å²) in [5, 5.41) is 5.71. The van der Waals surface area contributed by atoms with Crippen molar-refractivity contribution in [1.82, 2.24) is 9.66 Å². The zero-order valence-electron chi connectivity index (χ0n) is 19.1. The summed E-state index contributed by atoms with van der Waals surface area (Å²) in [7, 11) is 4.71. The van der Waals surface area contributed by atoms with Crippen molar-refractivity contribution in [3.05, 3.63) is 81.1 Å².